The Morgan fingerprint density at radius 3 is 1.68 bits per heavy atom. The molecule has 47 heavy (non-hydrogen) atoms. The Bertz CT molecular complexity index is 1430. The molecule has 0 saturated heterocycles. The number of carbonyl (C=O) groups is 4. The van der Waals surface area contributed by atoms with Gasteiger partial charge in [0.05, 0.1) is 37.6 Å². The largest absolute Gasteiger partial charge is 0.462 e. The van der Waals surface area contributed by atoms with Crippen molar-refractivity contribution in [2.75, 3.05) is 26.4 Å². The highest BCUT2D eigenvalue weighted by molar-refractivity contribution is 5.95. The van der Waals surface area contributed by atoms with Crippen molar-refractivity contribution in [3.8, 4) is 0 Å². The van der Waals surface area contributed by atoms with E-state index >= 15 is 0 Å². The molecule has 6 aliphatic rings. The second-order valence-electron chi connectivity index (χ2n) is 15.6. The molecule has 0 amide bonds. The van der Waals surface area contributed by atoms with Crippen molar-refractivity contribution in [3.05, 3.63) is 60.2 Å². The van der Waals surface area contributed by atoms with E-state index in [2.05, 4.69) is 13.2 Å². The van der Waals surface area contributed by atoms with Crippen LogP contribution in [0, 0.1) is 71.0 Å². The summed E-state index contributed by atoms with van der Waals surface area (Å²) in [5, 5.41) is 0. The molecule has 0 aliphatic heterocycles. The van der Waals surface area contributed by atoms with Crippen LogP contribution >= 0.6 is 0 Å². The standard InChI is InChI=1S/C39H48O8/c1-4-36(40)44-17-22-8-30-27-14-29(33(16-27)34(30)10-22)20-47-39(43)25-7-5-6-24(12-25)38(42)45-18-23-9-31-26-13-28(19-46-37(41)21(2)3)32(15-26)35(31)11-23/h4-7,12,22-23,26-35H,1-2,8-11,13-20H2,3H3/t22?,23?,26?,27?,28?,29?,30?,31-,32?,33?,34?,35-/m0/s1. The van der Waals surface area contributed by atoms with E-state index in [1.165, 1.54) is 18.9 Å². The Morgan fingerprint density at radius 2 is 1.15 bits per heavy atom. The SMILES string of the molecule is C=CC(=O)OCC1CC2C3CC(COC(=O)c4cccc(C(=O)OCC5C[C@@H]6C7CC(CC7COC(=O)C(=C)C)[C@@H]6C5)c4)C(C3)C2C1. The fourth-order valence-corrected chi connectivity index (χ4v) is 11.2. The number of hydrogen-bond acceptors (Lipinski definition) is 8. The van der Waals surface area contributed by atoms with Gasteiger partial charge in [-0.1, -0.05) is 19.2 Å². The number of fused-ring (bicyclic) bond motifs is 10. The zero-order chi connectivity index (χ0) is 32.8. The van der Waals surface area contributed by atoms with Crippen molar-refractivity contribution in [2.24, 2.45) is 71.0 Å². The first kappa shape index (κ1) is 32.1. The molecule has 12 atom stereocenters. The molecular formula is C39H48O8. The molecule has 252 valence electrons. The van der Waals surface area contributed by atoms with Crippen molar-refractivity contribution in [1.82, 2.24) is 0 Å². The van der Waals surface area contributed by atoms with E-state index in [1.54, 1.807) is 31.2 Å². The minimum absolute atomic E-state index is 0.304. The summed E-state index contributed by atoms with van der Waals surface area (Å²) in [6.07, 6.45) is 10.2. The molecule has 1 aromatic rings. The van der Waals surface area contributed by atoms with E-state index < -0.39 is 11.9 Å². The number of esters is 4. The normalized spacial score (nSPS) is 37.2. The summed E-state index contributed by atoms with van der Waals surface area (Å²) in [5.41, 5.74) is 1.18. The van der Waals surface area contributed by atoms with Gasteiger partial charge in [0.15, 0.2) is 0 Å². The topological polar surface area (TPSA) is 105 Å². The molecule has 0 N–H and O–H groups in total. The van der Waals surface area contributed by atoms with Gasteiger partial charge in [0, 0.05) is 11.6 Å². The molecule has 1 aromatic carbocycles. The van der Waals surface area contributed by atoms with Crippen LogP contribution < -0.4 is 0 Å². The second kappa shape index (κ2) is 13.2. The summed E-state index contributed by atoms with van der Waals surface area (Å²) < 4.78 is 22.4. The summed E-state index contributed by atoms with van der Waals surface area (Å²) in [6, 6.07) is 6.69. The van der Waals surface area contributed by atoms with Crippen molar-refractivity contribution in [3.63, 3.8) is 0 Å². The molecule has 0 radical (unpaired) electrons. The summed E-state index contributed by atoms with van der Waals surface area (Å²) in [4.78, 5) is 49.5. The molecular weight excluding hydrogens is 596 g/mol. The van der Waals surface area contributed by atoms with E-state index in [0.29, 0.717) is 114 Å². The van der Waals surface area contributed by atoms with E-state index in [4.69, 9.17) is 18.9 Å². The van der Waals surface area contributed by atoms with Crippen LogP contribution in [-0.4, -0.2) is 50.3 Å². The van der Waals surface area contributed by atoms with Gasteiger partial charge in [0.1, 0.15) is 0 Å². The molecule has 4 bridgehead atoms. The predicted octanol–water partition coefficient (Wildman–Crippen LogP) is 6.45. The third-order valence-electron chi connectivity index (χ3n) is 13.0. The Hall–Kier alpha value is -3.42. The van der Waals surface area contributed by atoms with Crippen molar-refractivity contribution >= 4 is 23.9 Å². The van der Waals surface area contributed by atoms with Crippen molar-refractivity contribution in [1.29, 1.82) is 0 Å². The summed E-state index contributed by atoms with van der Waals surface area (Å²) in [7, 11) is 0. The monoisotopic (exact) mass is 644 g/mol. The molecule has 6 fully saturated rings. The van der Waals surface area contributed by atoms with Gasteiger partial charge in [-0.3, -0.25) is 0 Å². The third kappa shape index (κ3) is 6.41. The first-order valence-electron chi connectivity index (χ1n) is 17.7. The third-order valence-corrected chi connectivity index (χ3v) is 13.0. The molecule has 6 aliphatic carbocycles. The quantitative estimate of drug-likeness (QED) is 0.145. The maximum absolute atomic E-state index is 13.1. The predicted molar refractivity (Wildman–Crippen MR) is 173 cm³/mol. The summed E-state index contributed by atoms with van der Waals surface area (Å²) in [6.45, 7) is 10.6. The van der Waals surface area contributed by atoms with Gasteiger partial charge >= 0.3 is 23.9 Å². The molecule has 8 heteroatoms. The molecule has 10 unspecified atom stereocenters. The van der Waals surface area contributed by atoms with Gasteiger partial charge in [-0.15, -0.1) is 0 Å². The Morgan fingerprint density at radius 1 is 0.660 bits per heavy atom. The first-order chi connectivity index (χ1) is 22.7. The first-order valence-corrected chi connectivity index (χ1v) is 17.7. The number of rotatable bonds is 12. The van der Waals surface area contributed by atoms with Gasteiger partial charge in [0.2, 0.25) is 0 Å². The molecule has 7 rings (SSSR count). The number of benzene rings is 1. The zero-order valence-electron chi connectivity index (χ0n) is 27.5. The highest BCUT2D eigenvalue weighted by Crippen LogP contribution is 2.63. The van der Waals surface area contributed by atoms with Crippen LogP contribution in [-0.2, 0) is 28.5 Å². The Labute approximate surface area is 277 Å². The van der Waals surface area contributed by atoms with Crippen LogP contribution in [0.15, 0.2) is 49.1 Å². The summed E-state index contributed by atoms with van der Waals surface area (Å²) in [5.74, 6) is 5.11. The molecule has 0 spiro atoms. The Balaban J connectivity index is 0.857. The lowest BCUT2D eigenvalue weighted by molar-refractivity contribution is -0.141. The average molecular weight is 645 g/mol. The van der Waals surface area contributed by atoms with Gasteiger partial charge in [-0.05, 0) is 148 Å². The van der Waals surface area contributed by atoms with Crippen LogP contribution in [0.25, 0.3) is 0 Å². The van der Waals surface area contributed by atoms with E-state index in [1.807, 2.05) is 0 Å². The minimum Gasteiger partial charge on any atom is -0.462 e. The van der Waals surface area contributed by atoms with E-state index in [0.717, 1.165) is 38.5 Å². The number of carbonyl (C=O) groups excluding carboxylic acids is 4. The van der Waals surface area contributed by atoms with Crippen molar-refractivity contribution in [2.45, 2.75) is 58.3 Å². The van der Waals surface area contributed by atoms with Gasteiger partial charge in [-0.25, -0.2) is 19.2 Å². The maximum atomic E-state index is 13.1. The zero-order valence-corrected chi connectivity index (χ0v) is 27.5. The van der Waals surface area contributed by atoms with Crippen molar-refractivity contribution < 1.29 is 38.1 Å². The minimum atomic E-state index is -0.405. The van der Waals surface area contributed by atoms with Gasteiger partial charge in [0.25, 0.3) is 0 Å². The molecule has 8 nitrogen and oxygen atoms in total. The molecule has 6 saturated carbocycles. The maximum Gasteiger partial charge on any atom is 0.338 e. The average Bonchev–Trinajstić information content (AvgIpc) is 3.91. The fourth-order valence-electron chi connectivity index (χ4n) is 11.2. The lowest BCUT2D eigenvalue weighted by Gasteiger charge is -2.31. The lowest BCUT2D eigenvalue weighted by atomic mass is 9.76. The number of hydrogen-bond donors (Lipinski definition) is 0. The van der Waals surface area contributed by atoms with Crippen LogP contribution in [0.3, 0.4) is 0 Å². The second-order valence-corrected chi connectivity index (χ2v) is 15.6. The van der Waals surface area contributed by atoms with Crippen LogP contribution in [0.4, 0.5) is 0 Å². The van der Waals surface area contributed by atoms with Crippen LogP contribution in [0.5, 0.6) is 0 Å². The lowest BCUT2D eigenvalue weighted by Crippen LogP contribution is -2.28. The smallest absolute Gasteiger partial charge is 0.338 e. The van der Waals surface area contributed by atoms with Gasteiger partial charge in [-0.2, -0.15) is 0 Å². The summed E-state index contributed by atoms with van der Waals surface area (Å²) >= 11 is 0. The highest BCUT2D eigenvalue weighted by atomic mass is 16.5. The number of ether oxygens (including phenoxy) is 4. The molecule has 0 heterocycles. The van der Waals surface area contributed by atoms with Crippen LogP contribution in [0.2, 0.25) is 0 Å². The van der Waals surface area contributed by atoms with Crippen LogP contribution in [0.1, 0.15) is 79.0 Å². The highest BCUT2D eigenvalue weighted by Gasteiger charge is 2.57. The molecule has 0 aromatic heterocycles. The Kier molecular flexibility index (Phi) is 9.05. The van der Waals surface area contributed by atoms with E-state index in [9.17, 15) is 19.2 Å². The fraction of sp³-hybridized carbons (Fsp3) is 0.641. The van der Waals surface area contributed by atoms with E-state index in [-0.39, 0.29) is 11.9 Å². The van der Waals surface area contributed by atoms with Gasteiger partial charge < -0.3 is 18.9 Å².